The maximum absolute atomic E-state index is 11.4. The van der Waals surface area contributed by atoms with Crippen LogP contribution < -0.4 is 11.1 Å². The van der Waals surface area contributed by atoms with Gasteiger partial charge in [0.1, 0.15) is 0 Å². The molecule has 4 aromatic heterocycles. The molecule has 0 bridgehead atoms. The molecule has 0 atom stereocenters. The summed E-state index contributed by atoms with van der Waals surface area (Å²) < 4.78 is 12.0. The number of nitrogens with zero attached hydrogens (tertiary/aromatic N) is 4. The number of aromatic nitrogens is 6. The fourth-order valence-corrected chi connectivity index (χ4v) is 2.74. The van der Waals surface area contributed by atoms with Gasteiger partial charge in [0.25, 0.3) is 11.1 Å². The predicted octanol–water partition coefficient (Wildman–Crippen LogP) is 0.235. The number of rotatable bonds is 2. The fourth-order valence-electron chi connectivity index (χ4n) is 2.74. The van der Waals surface area contributed by atoms with Crippen LogP contribution in [-0.4, -0.2) is 55.4 Å². The van der Waals surface area contributed by atoms with E-state index >= 15 is 0 Å². The molecular formula is C18H18N6O6. The summed E-state index contributed by atoms with van der Waals surface area (Å²) in [5.41, 5.74) is 2.04. The molecule has 0 aliphatic rings. The molecule has 0 aliphatic heterocycles. The van der Waals surface area contributed by atoms with Crippen molar-refractivity contribution >= 4 is 23.2 Å². The highest BCUT2D eigenvalue weighted by atomic mass is 16.5. The first kappa shape index (κ1) is 20.5. The highest BCUT2D eigenvalue weighted by Gasteiger charge is 2.13. The second-order valence-electron chi connectivity index (χ2n) is 6.18. The zero-order valence-corrected chi connectivity index (χ0v) is 16.5. The second-order valence-corrected chi connectivity index (χ2v) is 6.18. The Hall–Kier alpha value is -4.22. The Labute approximate surface area is 168 Å². The quantitative estimate of drug-likeness (QED) is 0.442. The Morgan fingerprint density at radius 2 is 1.40 bits per heavy atom. The molecule has 4 aromatic rings. The van der Waals surface area contributed by atoms with Gasteiger partial charge in [0.05, 0.1) is 14.2 Å². The summed E-state index contributed by atoms with van der Waals surface area (Å²) >= 11 is 0. The van der Waals surface area contributed by atoms with Crippen molar-refractivity contribution in [2.75, 3.05) is 14.2 Å². The van der Waals surface area contributed by atoms with E-state index in [4.69, 9.17) is 0 Å². The van der Waals surface area contributed by atoms with E-state index in [9.17, 15) is 19.2 Å². The molecule has 2 N–H and O–H groups in total. The molecule has 0 aliphatic carbocycles. The van der Waals surface area contributed by atoms with Crippen molar-refractivity contribution in [3.63, 3.8) is 0 Å². The van der Waals surface area contributed by atoms with E-state index in [0.29, 0.717) is 22.7 Å². The lowest BCUT2D eigenvalue weighted by Gasteiger charge is -2.03. The van der Waals surface area contributed by atoms with Crippen LogP contribution in [0, 0.1) is 13.8 Å². The second kappa shape index (κ2) is 8.03. The molecule has 0 saturated heterocycles. The molecule has 12 heteroatoms. The van der Waals surface area contributed by atoms with Crippen molar-refractivity contribution in [3.8, 4) is 0 Å². The first-order valence-electron chi connectivity index (χ1n) is 8.59. The number of ether oxygens (including phenoxy) is 2. The average Bonchev–Trinajstić information content (AvgIpc) is 3.27. The molecule has 0 aromatic carbocycles. The minimum Gasteiger partial charge on any atom is -0.464 e. The lowest BCUT2D eigenvalue weighted by molar-refractivity contribution is 0.0583. The normalized spacial score (nSPS) is 10.5. The molecule has 0 radical (unpaired) electrons. The number of carbonyl (C=O) groups excluding carboxylic acids is 2. The van der Waals surface area contributed by atoms with E-state index in [2.05, 4.69) is 29.6 Å². The summed E-state index contributed by atoms with van der Waals surface area (Å²) in [5, 5.41) is 5.02. The molecule has 0 saturated carbocycles. The summed E-state index contributed by atoms with van der Waals surface area (Å²) in [6, 6.07) is 5.74. The molecule has 0 spiro atoms. The number of H-pyrrole nitrogens is 2. The highest BCUT2D eigenvalue weighted by Crippen LogP contribution is 2.06. The van der Waals surface area contributed by atoms with Gasteiger partial charge in [-0.25, -0.2) is 28.6 Å². The number of methoxy groups -OCH3 is 2. The van der Waals surface area contributed by atoms with Crippen molar-refractivity contribution < 1.29 is 19.1 Å². The molecule has 156 valence electrons. The maximum Gasteiger partial charge on any atom is 0.356 e. The van der Waals surface area contributed by atoms with E-state index < -0.39 is 11.9 Å². The Morgan fingerprint density at radius 1 is 0.833 bits per heavy atom. The molecular weight excluding hydrogens is 396 g/mol. The van der Waals surface area contributed by atoms with Crippen LogP contribution in [0.5, 0.6) is 0 Å². The van der Waals surface area contributed by atoms with Gasteiger partial charge in [-0.3, -0.25) is 19.8 Å². The van der Waals surface area contributed by atoms with Crippen LogP contribution in [0.25, 0.3) is 11.3 Å². The van der Waals surface area contributed by atoms with Crippen LogP contribution in [0.4, 0.5) is 0 Å². The molecule has 4 heterocycles. The summed E-state index contributed by atoms with van der Waals surface area (Å²) in [4.78, 5) is 52.9. The van der Waals surface area contributed by atoms with Gasteiger partial charge in [-0.1, -0.05) is 0 Å². The highest BCUT2D eigenvalue weighted by molar-refractivity contribution is 5.88. The summed E-state index contributed by atoms with van der Waals surface area (Å²) in [7, 11) is 2.57. The van der Waals surface area contributed by atoms with Gasteiger partial charge in [0.2, 0.25) is 0 Å². The Balaban J connectivity index is 0.000000171. The summed E-state index contributed by atoms with van der Waals surface area (Å²) in [6.45, 7) is 3.50. The lowest BCUT2D eigenvalue weighted by Crippen LogP contribution is -2.12. The molecule has 0 fully saturated rings. The first-order chi connectivity index (χ1) is 14.2. The Morgan fingerprint density at radius 3 is 2.00 bits per heavy atom. The Kier molecular flexibility index (Phi) is 5.49. The Bertz CT molecular complexity index is 1370. The number of esters is 2. The number of hydrogen-bond acceptors (Lipinski definition) is 8. The van der Waals surface area contributed by atoms with Crippen molar-refractivity contribution in [2.45, 2.75) is 13.8 Å². The van der Waals surface area contributed by atoms with Crippen molar-refractivity contribution in [2.24, 2.45) is 0 Å². The van der Waals surface area contributed by atoms with Gasteiger partial charge in [-0.2, -0.15) is 0 Å². The molecule has 4 rings (SSSR count). The van der Waals surface area contributed by atoms with Gasteiger partial charge in [0.15, 0.2) is 22.7 Å². The smallest absolute Gasteiger partial charge is 0.356 e. The van der Waals surface area contributed by atoms with Gasteiger partial charge in [-0.15, -0.1) is 0 Å². The predicted molar refractivity (Wildman–Crippen MR) is 104 cm³/mol. The average molecular weight is 414 g/mol. The standard InChI is InChI=1S/2C9H9N3O3/c1-5-3-6(9(14)15-2)10-7-4-8(13)11-12(5)7;1-5-3-6(9(14)15-2)12-7(10-5)4-8(13)11-12/h2*3-4H,1-2H3,(H,11,13). The van der Waals surface area contributed by atoms with Gasteiger partial charge in [0, 0.05) is 23.5 Å². The van der Waals surface area contributed by atoms with E-state index in [1.807, 2.05) is 0 Å². The van der Waals surface area contributed by atoms with E-state index in [1.165, 1.54) is 35.4 Å². The third-order valence-electron chi connectivity index (χ3n) is 4.02. The van der Waals surface area contributed by atoms with Crippen molar-refractivity contribution in [3.05, 3.63) is 67.7 Å². The minimum atomic E-state index is -0.519. The van der Waals surface area contributed by atoms with Crippen LogP contribution in [-0.2, 0) is 9.47 Å². The zero-order chi connectivity index (χ0) is 22.0. The molecule has 30 heavy (non-hydrogen) atoms. The van der Waals surface area contributed by atoms with Crippen LogP contribution >= 0.6 is 0 Å². The third kappa shape index (κ3) is 3.97. The maximum atomic E-state index is 11.4. The summed E-state index contributed by atoms with van der Waals surface area (Å²) in [5.74, 6) is -1.04. The number of nitrogens with one attached hydrogen (secondary N) is 2. The molecule has 0 amide bonds. The topological polar surface area (TPSA) is 153 Å². The van der Waals surface area contributed by atoms with Crippen molar-refractivity contribution in [1.29, 1.82) is 0 Å². The SMILES string of the molecule is COC(=O)c1cc(C)n2[nH]c(=O)cc2n1.COC(=O)c1cc(C)nc2cc(=O)[nH]n12. The third-order valence-corrected chi connectivity index (χ3v) is 4.02. The largest absolute Gasteiger partial charge is 0.464 e. The van der Waals surface area contributed by atoms with Gasteiger partial charge < -0.3 is 9.47 Å². The minimum absolute atomic E-state index is 0.189. The van der Waals surface area contributed by atoms with E-state index in [-0.39, 0.29) is 22.5 Å². The van der Waals surface area contributed by atoms with Gasteiger partial charge >= 0.3 is 11.9 Å². The monoisotopic (exact) mass is 414 g/mol. The molecule has 12 nitrogen and oxygen atoms in total. The zero-order valence-electron chi connectivity index (χ0n) is 16.5. The summed E-state index contributed by atoms with van der Waals surface area (Å²) in [6.07, 6.45) is 0. The fraction of sp³-hybridized carbons (Fsp3) is 0.222. The van der Waals surface area contributed by atoms with E-state index in [0.717, 1.165) is 0 Å². The number of hydrogen-bond donors (Lipinski definition) is 2. The number of fused-ring (bicyclic) bond motifs is 2. The van der Waals surface area contributed by atoms with Crippen molar-refractivity contribution in [1.82, 2.24) is 29.2 Å². The molecule has 0 unspecified atom stereocenters. The van der Waals surface area contributed by atoms with E-state index in [1.54, 1.807) is 26.0 Å². The number of carbonyl (C=O) groups is 2. The lowest BCUT2D eigenvalue weighted by atomic mass is 10.3. The van der Waals surface area contributed by atoms with Crippen LogP contribution in [0.2, 0.25) is 0 Å². The number of aryl methyl sites for hydroxylation is 2. The number of aromatic amines is 2. The first-order valence-corrected chi connectivity index (χ1v) is 8.59. The van der Waals surface area contributed by atoms with Crippen LogP contribution in [0.3, 0.4) is 0 Å². The van der Waals surface area contributed by atoms with Gasteiger partial charge in [-0.05, 0) is 26.0 Å². The van der Waals surface area contributed by atoms with Crippen LogP contribution in [0.15, 0.2) is 33.9 Å². The van der Waals surface area contributed by atoms with Crippen LogP contribution in [0.1, 0.15) is 32.4 Å².